The molecule has 0 atom stereocenters. The van der Waals surface area contributed by atoms with E-state index in [1.54, 1.807) is 19.2 Å². The van der Waals surface area contributed by atoms with E-state index < -0.39 is 5.82 Å². The van der Waals surface area contributed by atoms with Gasteiger partial charge in [0.2, 0.25) is 0 Å². The fourth-order valence-electron chi connectivity index (χ4n) is 2.63. The number of methoxy groups -OCH3 is 1. The highest BCUT2D eigenvalue weighted by Gasteiger charge is 2.32. The van der Waals surface area contributed by atoms with E-state index in [0.29, 0.717) is 18.7 Å². The molecule has 0 aromatic heterocycles. The van der Waals surface area contributed by atoms with Crippen molar-refractivity contribution in [1.29, 1.82) is 0 Å². The van der Waals surface area contributed by atoms with Gasteiger partial charge in [0.25, 0.3) is 5.91 Å². The molecule has 1 saturated heterocycles. The minimum absolute atomic E-state index is 0.0248. The molecule has 1 amide bonds. The van der Waals surface area contributed by atoms with Crippen LogP contribution in [0.3, 0.4) is 0 Å². The number of nitrogens with one attached hydrogen (secondary N) is 2. The van der Waals surface area contributed by atoms with Crippen molar-refractivity contribution in [1.82, 2.24) is 10.6 Å². The predicted molar refractivity (Wildman–Crippen MR) is 75.1 cm³/mol. The number of halogens is 1. The molecule has 1 heterocycles. The molecule has 110 valence electrons. The molecule has 1 aromatic carbocycles. The smallest absolute Gasteiger partial charge is 0.251 e. The van der Waals surface area contributed by atoms with Crippen LogP contribution in [0, 0.1) is 11.2 Å². The Labute approximate surface area is 118 Å². The molecule has 4 nitrogen and oxygen atoms in total. The van der Waals surface area contributed by atoms with Crippen LogP contribution in [0.4, 0.5) is 4.39 Å². The maximum absolute atomic E-state index is 13.1. The third-order valence-corrected chi connectivity index (χ3v) is 3.83. The highest BCUT2D eigenvalue weighted by atomic mass is 19.1. The molecular formula is C15H21FN2O2. The summed E-state index contributed by atoms with van der Waals surface area (Å²) in [5.41, 5.74) is 0.328. The van der Waals surface area contributed by atoms with Gasteiger partial charge in [-0.25, -0.2) is 4.39 Å². The van der Waals surface area contributed by atoms with Gasteiger partial charge in [-0.3, -0.25) is 4.79 Å². The second-order valence-electron chi connectivity index (χ2n) is 5.38. The van der Waals surface area contributed by atoms with E-state index in [1.165, 1.54) is 12.1 Å². The number of ether oxygens (including phenoxy) is 1. The van der Waals surface area contributed by atoms with Crippen LogP contribution in [0.1, 0.15) is 23.2 Å². The van der Waals surface area contributed by atoms with E-state index in [1.807, 2.05) is 0 Å². The number of benzene rings is 1. The lowest BCUT2D eigenvalue weighted by Gasteiger charge is -2.37. The van der Waals surface area contributed by atoms with Crippen LogP contribution >= 0.6 is 0 Å². The van der Waals surface area contributed by atoms with Crippen LogP contribution in [0.2, 0.25) is 0 Å². The van der Waals surface area contributed by atoms with Crippen molar-refractivity contribution in [2.24, 2.45) is 5.41 Å². The summed E-state index contributed by atoms with van der Waals surface area (Å²) in [6, 6.07) is 5.74. The first-order valence-corrected chi connectivity index (χ1v) is 6.89. The van der Waals surface area contributed by atoms with Crippen molar-refractivity contribution in [2.45, 2.75) is 12.8 Å². The number of carbonyl (C=O) groups excluding carboxylic acids is 1. The fourth-order valence-corrected chi connectivity index (χ4v) is 2.63. The molecule has 1 aliphatic heterocycles. The first-order valence-electron chi connectivity index (χ1n) is 6.89. The predicted octanol–water partition coefficient (Wildman–Crippen LogP) is 1.57. The molecule has 0 unspecified atom stereocenters. The first-order chi connectivity index (χ1) is 9.65. The van der Waals surface area contributed by atoms with Gasteiger partial charge in [0, 0.05) is 24.6 Å². The van der Waals surface area contributed by atoms with Gasteiger partial charge in [-0.05, 0) is 44.1 Å². The zero-order chi connectivity index (χ0) is 14.4. The second-order valence-corrected chi connectivity index (χ2v) is 5.38. The van der Waals surface area contributed by atoms with Gasteiger partial charge in [-0.2, -0.15) is 0 Å². The second kappa shape index (κ2) is 6.81. The summed E-state index contributed by atoms with van der Waals surface area (Å²) in [5.74, 6) is -0.635. The fraction of sp³-hybridized carbons (Fsp3) is 0.533. The van der Waals surface area contributed by atoms with Crippen LogP contribution in [0.15, 0.2) is 24.3 Å². The molecule has 0 bridgehead atoms. The van der Waals surface area contributed by atoms with E-state index in [9.17, 15) is 9.18 Å². The Morgan fingerprint density at radius 1 is 1.45 bits per heavy atom. The number of hydrogen-bond acceptors (Lipinski definition) is 3. The van der Waals surface area contributed by atoms with Gasteiger partial charge in [0.05, 0.1) is 6.61 Å². The van der Waals surface area contributed by atoms with Gasteiger partial charge >= 0.3 is 0 Å². The summed E-state index contributed by atoms with van der Waals surface area (Å²) < 4.78 is 18.4. The molecule has 0 radical (unpaired) electrons. The van der Waals surface area contributed by atoms with Crippen molar-refractivity contribution in [3.8, 4) is 0 Å². The SMILES string of the molecule is COCC1(CNC(=O)c2cccc(F)c2)CCNCC1. The first kappa shape index (κ1) is 14.9. The highest BCUT2D eigenvalue weighted by Crippen LogP contribution is 2.28. The normalized spacial score (nSPS) is 17.7. The van der Waals surface area contributed by atoms with E-state index in [0.717, 1.165) is 25.9 Å². The van der Waals surface area contributed by atoms with Crippen molar-refractivity contribution in [3.63, 3.8) is 0 Å². The third-order valence-electron chi connectivity index (χ3n) is 3.83. The van der Waals surface area contributed by atoms with Crippen molar-refractivity contribution < 1.29 is 13.9 Å². The van der Waals surface area contributed by atoms with E-state index in [2.05, 4.69) is 10.6 Å². The van der Waals surface area contributed by atoms with Gasteiger partial charge in [0.15, 0.2) is 0 Å². The van der Waals surface area contributed by atoms with Gasteiger partial charge in [-0.1, -0.05) is 6.07 Å². The Morgan fingerprint density at radius 2 is 2.20 bits per heavy atom. The summed E-state index contributed by atoms with van der Waals surface area (Å²) in [7, 11) is 1.68. The number of carbonyl (C=O) groups is 1. The molecule has 0 saturated carbocycles. The molecule has 1 fully saturated rings. The van der Waals surface area contributed by atoms with E-state index in [-0.39, 0.29) is 11.3 Å². The summed E-state index contributed by atoms with van der Waals surface area (Å²) in [4.78, 5) is 12.1. The molecule has 2 rings (SSSR count). The summed E-state index contributed by atoms with van der Waals surface area (Å²) in [5, 5.41) is 6.21. The van der Waals surface area contributed by atoms with E-state index in [4.69, 9.17) is 4.74 Å². The summed E-state index contributed by atoms with van der Waals surface area (Å²) in [6.45, 7) is 3.04. The molecule has 1 aliphatic rings. The number of hydrogen-bond donors (Lipinski definition) is 2. The standard InChI is InChI=1S/C15H21FN2O2/c1-20-11-15(5-7-17-8-6-15)10-18-14(19)12-3-2-4-13(16)9-12/h2-4,9,17H,5-8,10-11H2,1H3,(H,18,19). The molecule has 5 heteroatoms. The highest BCUT2D eigenvalue weighted by molar-refractivity contribution is 5.94. The number of piperidine rings is 1. The molecular weight excluding hydrogens is 259 g/mol. The maximum Gasteiger partial charge on any atom is 0.251 e. The van der Waals surface area contributed by atoms with Gasteiger partial charge in [0.1, 0.15) is 5.82 Å². The third kappa shape index (κ3) is 3.77. The number of amides is 1. The van der Waals surface area contributed by atoms with Crippen LogP contribution in [-0.4, -0.2) is 39.3 Å². The Morgan fingerprint density at radius 3 is 2.85 bits per heavy atom. The Balaban J connectivity index is 1.96. The van der Waals surface area contributed by atoms with Crippen LogP contribution < -0.4 is 10.6 Å². The zero-order valence-electron chi connectivity index (χ0n) is 11.7. The van der Waals surface area contributed by atoms with Crippen LogP contribution in [0.5, 0.6) is 0 Å². The Hall–Kier alpha value is -1.46. The van der Waals surface area contributed by atoms with Crippen LogP contribution in [0.25, 0.3) is 0 Å². The lowest BCUT2D eigenvalue weighted by Crippen LogP contribution is -2.47. The molecule has 1 aromatic rings. The van der Waals surface area contributed by atoms with Crippen molar-refractivity contribution in [2.75, 3.05) is 33.4 Å². The lowest BCUT2D eigenvalue weighted by atomic mass is 9.79. The topological polar surface area (TPSA) is 50.4 Å². The summed E-state index contributed by atoms with van der Waals surface area (Å²) >= 11 is 0. The Kier molecular flexibility index (Phi) is 5.09. The quantitative estimate of drug-likeness (QED) is 0.861. The molecule has 0 spiro atoms. The zero-order valence-corrected chi connectivity index (χ0v) is 11.7. The van der Waals surface area contributed by atoms with Crippen molar-refractivity contribution >= 4 is 5.91 Å². The van der Waals surface area contributed by atoms with Crippen LogP contribution in [-0.2, 0) is 4.74 Å². The largest absolute Gasteiger partial charge is 0.384 e. The lowest BCUT2D eigenvalue weighted by molar-refractivity contribution is 0.0511. The summed E-state index contributed by atoms with van der Waals surface area (Å²) in [6.07, 6.45) is 1.93. The van der Waals surface area contributed by atoms with Gasteiger partial charge in [-0.15, -0.1) is 0 Å². The Bertz CT molecular complexity index is 453. The van der Waals surface area contributed by atoms with Crippen molar-refractivity contribution in [3.05, 3.63) is 35.6 Å². The minimum atomic E-state index is -0.397. The maximum atomic E-state index is 13.1. The molecule has 2 N–H and O–H groups in total. The minimum Gasteiger partial charge on any atom is -0.384 e. The molecule has 20 heavy (non-hydrogen) atoms. The number of rotatable bonds is 5. The monoisotopic (exact) mass is 280 g/mol. The molecule has 0 aliphatic carbocycles. The van der Waals surface area contributed by atoms with Gasteiger partial charge < -0.3 is 15.4 Å². The average Bonchev–Trinajstić information content (AvgIpc) is 2.46. The average molecular weight is 280 g/mol. The van der Waals surface area contributed by atoms with E-state index >= 15 is 0 Å².